The first-order valence-electron chi connectivity index (χ1n) is 8.87. The first-order valence-corrected chi connectivity index (χ1v) is 9.66. The van der Waals surface area contributed by atoms with E-state index in [0.717, 1.165) is 18.4 Å². The van der Waals surface area contributed by atoms with E-state index in [1.165, 1.54) is 0 Å². The van der Waals surface area contributed by atoms with Gasteiger partial charge in [0, 0.05) is 17.0 Å². The number of aromatic nitrogens is 1. The molecule has 1 aliphatic carbocycles. The van der Waals surface area contributed by atoms with E-state index in [0.29, 0.717) is 29.7 Å². The normalized spacial score (nSPS) is 24.1. The second-order valence-corrected chi connectivity index (χ2v) is 7.73. The van der Waals surface area contributed by atoms with Crippen LogP contribution < -0.4 is 10.6 Å². The molecule has 2 heterocycles. The monoisotopic (exact) mass is 491 g/mol. The number of ether oxygens (including phenoxy) is 1. The van der Waals surface area contributed by atoms with Crippen LogP contribution in [0.4, 0.5) is 19.0 Å². The van der Waals surface area contributed by atoms with Crippen LogP contribution in [0.2, 0.25) is 0 Å². The lowest BCUT2D eigenvalue weighted by molar-refractivity contribution is -0.192. The number of hydrogen-bond acceptors (Lipinski definition) is 5. The molecule has 0 radical (unpaired) electrons. The molecule has 0 aromatic carbocycles. The smallest absolute Gasteiger partial charge is 0.475 e. The summed E-state index contributed by atoms with van der Waals surface area (Å²) in [6.45, 7) is 8.63. The number of rotatable bonds is 7. The molecular formula is C19H21BrF3N3O4. The van der Waals surface area contributed by atoms with Gasteiger partial charge in [0.05, 0.1) is 19.3 Å². The number of nitrogens with one attached hydrogen (secondary N) is 2. The minimum Gasteiger partial charge on any atom is -0.475 e. The van der Waals surface area contributed by atoms with Crippen LogP contribution in [0.3, 0.4) is 0 Å². The number of anilines is 1. The van der Waals surface area contributed by atoms with Crippen LogP contribution in [0.25, 0.3) is 6.08 Å². The molecule has 30 heavy (non-hydrogen) atoms. The van der Waals surface area contributed by atoms with Crippen molar-refractivity contribution >= 4 is 39.7 Å². The molecule has 11 heteroatoms. The molecule has 1 amide bonds. The van der Waals surface area contributed by atoms with Gasteiger partial charge in [-0.05, 0) is 40.9 Å². The molecule has 2 fully saturated rings. The molecule has 1 aliphatic heterocycles. The fraction of sp³-hybridized carbons (Fsp3) is 0.421. The van der Waals surface area contributed by atoms with Crippen molar-refractivity contribution in [2.75, 3.05) is 18.5 Å². The van der Waals surface area contributed by atoms with Gasteiger partial charge in [-0.25, -0.2) is 9.78 Å². The van der Waals surface area contributed by atoms with Crippen LogP contribution in [-0.2, 0) is 14.3 Å². The second-order valence-electron chi connectivity index (χ2n) is 6.91. The van der Waals surface area contributed by atoms with Gasteiger partial charge in [0.1, 0.15) is 10.4 Å². The number of pyridine rings is 1. The lowest BCUT2D eigenvalue weighted by Gasteiger charge is -2.16. The summed E-state index contributed by atoms with van der Waals surface area (Å²) in [6.07, 6.45) is 0.203. The number of fused-ring (bicyclic) bond motifs is 1. The number of alkyl halides is 3. The number of carboxylic acid groups (broad SMARTS) is 1. The van der Waals surface area contributed by atoms with Crippen molar-refractivity contribution in [3.8, 4) is 0 Å². The van der Waals surface area contributed by atoms with E-state index in [2.05, 4.69) is 44.7 Å². The Labute approximate surface area is 179 Å². The molecule has 7 nitrogen and oxygen atoms in total. The highest BCUT2D eigenvalue weighted by Crippen LogP contribution is 2.54. The Balaban J connectivity index is 0.000000396. The van der Waals surface area contributed by atoms with Gasteiger partial charge in [0.15, 0.2) is 0 Å². The van der Waals surface area contributed by atoms with Gasteiger partial charge in [0.2, 0.25) is 5.91 Å². The predicted octanol–water partition coefficient (Wildman–Crippen LogP) is 3.38. The largest absolute Gasteiger partial charge is 0.490 e. The quantitative estimate of drug-likeness (QED) is 0.307. The minimum absolute atomic E-state index is 0.0611. The van der Waals surface area contributed by atoms with Gasteiger partial charge in [-0.15, -0.1) is 6.58 Å². The Morgan fingerprint density at radius 1 is 1.40 bits per heavy atom. The van der Waals surface area contributed by atoms with E-state index in [4.69, 9.17) is 14.6 Å². The van der Waals surface area contributed by atoms with Crippen molar-refractivity contribution in [1.29, 1.82) is 0 Å². The van der Waals surface area contributed by atoms with Crippen LogP contribution in [0.15, 0.2) is 36.0 Å². The molecule has 3 rings (SSSR count). The molecule has 0 unspecified atom stereocenters. The Hall–Kier alpha value is -2.24. The maximum absolute atomic E-state index is 12.5. The Morgan fingerprint density at radius 3 is 2.63 bits per heavy atom. The van der Waals surface area contributed by atoms with E-state index in [1.807, 2.05) is 12.1 Å². The summed E-state index contributed by atoms with van der Waals surface area (Å²) in [4.78, 5) is 25.7. The number of halogens is 4. The Bertz CT molecular complexity index is 834. The Morgan fingerprint density at radius 2 is 2.07 bits per heavy atom. The molecule has 1 aromatic rings. The molecule has 1 saturated heterocycles. The summed E-state index contributed by atoms with van der Waals surface area (Å²) >= 11 is 3.32. The zero-order valence-corrected chi connectivity index (χ0v) is 17.4. The summed E-state index contributed by atoms with van der Waals surface area (Å²) in [6, 6.07) is 3.85. The zero-order valence-electron chi connectivity index (χ0n) is 15.8. The van der Waals surface area contributed by atoms with Gasteiger partial charge in [-0.3, -0.25) is 4.79 Å². The number of carboxylic acids is 1. The lowest BCUT2D eigenvalue weighted by atomic mass is 10.0. The van der Waals surface area contributed by atoms with Crippen molar-refractivity contribution in [3.05, 3.63) is 41.5 Å². The number of piperidine rings is 1. The third-order valence-electron chi connectivity index (χ3n) is 4.74. The molecule has 1 aromatic heterocycles. The maximum atomic E-state index is 12.5. The predicted molar refractivity (Wildman–Crippen MR) is 108 cm³/mol. The van der Waals surface area contributed by atoms with Crippen molar-refractivity contribution in [2.24, 2.45) is 5.41 Å². The average molecular weight is 492 g/mol. The maximum Gasteiger partial charge on any atom is 0.490 e. The third kappa shape index (κ3) is 6.13. The highest BCUT2D eigenvalue weighted by Gasteiger charge is 2.61. The van der Waals surface area contributed by atoms with Gasteiger partial charge >= 0.3 is 12.1 Å². The third-order valence-corrected chi connectivity index (χ3v) is 5.18. The molecule has 2 aliphatic rings. The summed E-state index contributed by atoms with van der Waals surface area (Å²) in [7, 11) is 0. The van der Waals surface area contributed by atoms with Crippen LogP contribution in [0, 0.1) is 5.41 Å². The molecule has 3 atom stereocenters. The fourth-order valence-corrected chi connectivity index (χ4v) is 3.47. The van der Waals surface area contributed by atoms with Crippen molar-refractivity contribution in [1.82, 2.24) is 10.3 Å². The zero-order chi connectivity index (χ0) is 22.5. The molecule has 0 bridgehead atoms. The highest BCUT2D eigenvalue weighted by atomic mass is 79.9. The van der Waals surface area contributed by atoms with Crippen molar-refractivity contribution in [3.63, 3.8) is 0 Å². The molecular weight excluding hydrogens is 471 g/mol. The van der Waals surface area contributed by atoms with E-state index >= 15 is 0 Å². The molecule has 1 saturated carbocycles. The van der Waals surface area contributed by atoms with Gasteiger partial charge < -0.3 is 20.5 Å². The summed E-state index contributed by atoms with van der Waals surface area (Å²) < 4.78 is 38.0. The van der Waals surface area contributed by atoms with Crippen molar-refractivity contribution in [2.45, 2.75) is 31.1 Å². The van der Waals surface area contributed by atoms with Crippen LogP contribution in [0.1, 0.15) is 18.4 Å². The number of carbonyl (C=O) groups excluding carboxylic acids is 1. The molecule has 3 N–H and O–H groups in total. The van der Waals surface area contributed by atoms with E-state index < -0.39 is 12.1 Å². The average Bonchev–Trinajstić information content (AvgIpc) is 3.21. The van der Waals surface area contributed by atoms with Gasteiger partial charge in [0.25, 0.3) is 0 Å². The standard InChI is InChI=1S/C17H20BrN3O2.C2HF3O2/c1-3-7-23-10-17-8-12(19-13(17)9-17)16(22)21-15-11(4-2)5-6-14(18)20-15;3-2(4,5)1(6)7/h3-6,12-13,19H,1-2,7-10H2,(H,20,21,22);(H,6,7)/t12-,13+,17-;/m0./s1. The Kier molecular flexibility index (Phi) is 7.78. The van der Waals surface area contributed by atoms with Crippen LogP contribution in [0.5, 0.6) is 0 Å². The topological polar surface area (TPSA) is 101 Å². The number of hydrogen-bond donors (Lipinski definition) is 3. The lowest BCUT2D eigenvalue weighted by Crippen LogP contribution is -2.38. The van der Waals surface area contributed by atoms with E-state index in [9.17, 15) is 18.0 Å². The highest BCUT2D eigenvalue weighted by molar-refractivity contribution is 9.10. The number of nitrogens with zero attached hydrogens (tertiary/aromatic N) is 1. The molecule has 164 valence electrons. The summed E-state index contributed by atoms with van der Waals surface area (Å²) in [5.74, 6) is -2.29. The van der Waals surface area contributed by atoms with Gasteiger partial charge in [-0.2, -0.15) is 13.2 Å². The van der Waals surface area contributed by atoms with Gasteiger partial charge in [-0.1, -0.05) is 18.7 Å². The molecule has 0 spiro atoms. The van der Waals surface area contributed by atoms with Crippen LogP contribution in [-0.4, -0.2) is 53.4 Å². The van der Waals surface area contributed by atoms with E-state index in [1.54, 1.807) is 12.2 Å². The van der Waals surface area contributed by atoms with Crippen molar-refractivity contribution < 1.29 is 32.6 Å². The summed E-state index contributed by atoms with van der Waals surface area (Å²) in [5.41, 5.74) is 0.908. The number of amides is 1. The number of carbonyl (C=O) groups is 2. The first kappa shape index (κ1) is 24.0. The second kappa shape index (κ2) is 9.71. The SMILES string of the molecule is C=CCOC[C@@]12C[C@@H](C(=O)Nc3nc(Br)ccc3C=C)N[C@@H]1C2.O=C(O)C(F)(F)F. The van der Waals surface area contributed by atoms with Crippen LogP contribution >= 0.6 is 15.9 Å². The fourth-order valence-electron chi connectivity index (χ4n) is 3.16. The van der Waals surface area contributed by atoms with E-state index in [-0.39, 0.29) is 17.4 Å². The minimum atomic E-state index is -5.08. The first-order chi connectivity index (χ1) is 14.0. The number of aliphatic carboxylic acids is 1. The summed E-state index contributed by atoms with van der Waals surface area (Å²) in [5, 5.41) is 13.4.